The van der Waals surface area contributed by atoms with Gasteiger partial charge in [-0.05, 0) is 54.3 Å². The summed E-state index contributed by atoms with van der Waals surface area (Å²) >= 11 is 0. The van der Waals surface area contributed by atoms with Gasteiger partial charge < -0.3 is 10.1 Å². The fourth-order valence-electron chi connectivity index (χ4n) is 4.39. The monoisotopic (exact) mass is 408 g/mol. The summed E-state index contributed by atoms with van der Waals surface area (Å²) in [5, 5.41) is 20.1. The van der Waals surface area contributed by atoms with Crippen molar-refractivity contribution in [3.05, 3.63) is 78.1 Å². The third-order valence-corrected chi connectivity index (χ3v) is 6.01. The predicted molar refractivity (Wildman–Crippen MR) is 122 cm³/mol. The van der Waals surface area contributed by atoms with Crippen molar-refractivity contribution in [1.29, 1.82) is 5.26 Å². The first kappa shape index (κ1) is 19.5. The fourth-order valence-corrected chi connectivity index (χ4v) is 4.39. The van der Waals surface area contributed by atoms with Crippen molar-refractivity contribution < 1.29 is 5.11 Å². The van der Waals surface area contributed by atoms with Gasteiger partial charge in [0.25, 0.3) is 0 Å². The average molecular weight is 409 g/mol. The highest BCUT2D eigenvalue weighted by Gasteiger charge is 2.17. The van der Waals surface area contributed by atoms with Crippen molar-refractivity contribution in [3.63, 3.8) is 0 Å². The normalized spacial score (nSPS) is 17.0. The van der Waals surface area contributed by atoms with Crippen LogP contribution < -0.4 is 0 Å². The second kappa shape index (κ2) is 8.35. The van der Waals surface area contributed by atoms with E-state index in [0.29, 0.717) is 5.56 Å². The number of aliphatic hydroxyl groups excluding tert-OH is 1. The Kier molecular flexibility index (Phi) is 5.25. The van der Waals surface area contributed by atoms with Crippen molar-refractivity contribution in [3.8, 4) is 28.3 Å². The Morgan fingerprint density at radius 2 is 1.97 bits per heavy atom. The van der Waals surface area contributed by atoms with Crippen LogP contribution in [0, 0.1) is 11.3 Å². The van der Waals surface area contributed by atoms with E-state index in [1.807, 2.05) is 36.7 Å². The Labute approximate surface area is 181 Å². The number of pyridine rings is 1. The number of likely N-dealkylation sites (tertiary alicyclic amines) is 1. The van der Waals surface area contributed by atoms with E-state index in [-0.39, 0.29) is 6.10 Å². The molecule has 0 radical (unpaired) electrons. The Morgan fingerprint density at radius 3 is 2.77 bits per heavy atom. The van der Waals surface area contributed by atoms with Crippen molar-refractivity contribution in [2.24, 2.45) is 0 Å². The molecule has 1 unspecified atom stereocenters. The lowest BCUT2D eigenvalue weighted by Gasteiger charge is -2.29. The number of nitrogens with one attached hydrogen (secondary N) is 1. The van der Waals surface area contributed by atoms with Gasteiger partial charge in [0.05, 0.1) is 17.7 Å². The number of H-pyrrole nitrogens is 1. The molecule has 3 heterocycles. The number of nitrogens with zero attached hydrogens (tertiary/aromatic N) is 3. The van der Waals surface area contributed by atoms with Crippen LogP contribution in [-0.2, 0) is 6.54 Å². The van der Waals surface area contributed by atoms with Crippen molar-refractivity contribution in [1.82, 2.24) is 14.9 Å². The highest BCUT2D eigenvalue weighted by Crippen LogP contribution is 2.31. The van der Waals surface area contributed by atoms with Gasteiger partial charge in [0.2, 0.25) is 0 Å². The summed E-state index contributed by atoms with van der Waals surface area (Å²) in [4.78, 5) is 10.2. The number of aliphatic hydroxyl groups is 1. The van der Waals surface area contributed by atoms with Gasteiger partial charge in [-0.3, -0.25) is 4.90 Å². The first-order valence-electron chi connectivity index (χ1n) is 10.7. The van der Waals surface area contributed by atoms with Crippen molar-refractivity contribution >= 4 is 11.0 Å². The maximum atomic E-state index is 9.89. The van der Waals surface area contributed by atoms with E-state index in [0.717, 1.165) is 65.8 Å². The topological polar surface area (TPSA) is 75.9 Å². The van der Waals surface area contributed by atoms with Crippen LogP contribution in [0.4, 0.5) is 0 Å². The van der Waals surface area contributed by atoms with E-state index in [9.17, 15) is 10.4 Å². The fraction of sp³-hybridized carbons (Fsp3) is 0.231. The molecule has 154 valence electrons. The SMILES string of the molecule is N#Cc1cccc(-c2c[nH]c3ncc(-c4ccc(CN5CCCC(O)C5)cc4)cc23)c1. The van der Waals surface area contributed by atoms with Gasteiger partial charge in [-0.2, -0.15) is 5.26 Å². The Bertz CT molecular complexity index is 1250. The number of aromatic amines is 1. The molecule has 31 heavy (non-hydrogen) atoms. The van der Waals surface area contributed by atoms with Crippen LogP contribution in [0.3, 0.4) is 0 Å². The van der Waals surface area contributed by atoms with E-state index in [2.05, 4.69) is 51.3 Å². The number of fused-ring (bicyclic) bond motifs is 1. The van der Waals surface area contributed by atoms with Gasteiger partial charge in [-0.1, -0.05) is 36.4 Å². The third-order valence-electron chi connectivity index (χ3n) is 6.01. The summed E-state index contributed by atoms with van der Waals surface area (Å²) < 4.78 is 0. The molecular formula is C26H24N4O. The molecule has 1 saturated heterocycles. The standard InChI is InChI=1S/C26H24N4O/c27-13-19-3-1-4-21(11-19)25-15-29-26-24(25)12-22(14-28-26)20-8-6-18(7-9-20)16-30-10-2-5-23(31)17-30/h1,3-4,6-9,11-12,14-15,23,31H,2,5,10,16-17H2,(H,28,29). The predicted octanol–water partition coefficient (Wildman–Crippen LogP) is 4.73. The summed E-state index contributed by atoms with van der Waals surface area (Å²) in [7, 11) is 0. The Balaban J connectivity index is 1.42. The molecule has 0 bridgehead atoms. The smallest absolute Gasteiger partial charge is 0.137 e. The highest BCUT2D eigenvalue weighted by molar-refractivity contribution is 5.96. The lowest BCUT2D eigenvalue weighted by atomic mass is 10.0. The molecule has 0 aliphatic carbocycles. The molecule has 2 N–H and O–H groups in total. The van der Waals surface area contributed by atoms with Crippen molar-refractivity contribution in [2.75, 3.05) is 13.1 Å². The molecule has 2 aromatic carbocycles. The number of hydrogen-bond acceptors (Lipinski definition) is 4. The van der Waals surface area contributed by atoms with E-state index in [4.69, 9.17) is 0 Å². The van der Waals surface area contributed by atoms with Crippen molar-refractivity contribution in [2.45, 2.75) is 25.5 Å². The third kappa shape index (κ3) is 4.09. The number of rotatable bonds is 4. The summed E-state index contributed by atoms with van der Waals surface area (Å²) in [6.07, 6.45) is 5.61. The summed E-state index contributed by atoms with van der Waals surface area (Å²) in [6.45, 7) is 2.67. The van der Waals surface area contributed by atoms with Crippen LogP contribution in [0.15, 0.2) is 67.0 Å². The molecule has 4 aromatic rings. The second-order valence-electron chi connectivity index (χ2n) is 8.24. The number of benzene rings is 2. The van der Waals surface area contributed by atoms with Gasteiger partial charge in [0.1, 0.15) is 5.65 Å². The lowest BCUT2D eigenvalue weighted by molar-refractivity contribution is 0.0668. The van der Waals surface area contributed by atoms with E-state index in [1.54, 1.807) is 0 Å². The summed E-state index contributed by atoms with van der Waals surface area (Å²) in [5.74, 6) is 0. The zero-order valence-electron chi connectivity index (χ0n) is 17.3. The number of hydrogen-bond donors (Lipinski definition) is 2. The minimum absolute atomic E-state index is 0.199. The molecule has 0 amide bonds. The Hall–Kier alpha value is -3.46. The minimum atomic E-state index is -0.199. The van der Waals surface area contributed by atoms with Gasteiger partial charge >= 0.3 is 0 Å². The van der Waals surface area contributed by atoms with Crippen LogP contribution in [0.1, 0.15) is 24.0 Å². The molecule has 0 spiro atoms. The number of piperidine rings is 1. The van der Waals surface area contributed by atoms with Crippen LogP contribution in [0.5, 0.6) is 0 Å². The molecule has 2 aromatic heterocycles. The number of nitriles is 1. The van der Waals surface area contributed by atoms with Gasteiger partial charge in [0, 0.05) is 42.0 Å². The molecule has 1 atom stereocenters. The van der Waals surface area contributed by atoms with E-state index in [1.165, 1.54) is 5.56 Å². The van der Waals surface area contributed by atoms with E-state index >= 15 is 0 Å². The first-order valence-corrected chi connectivity index (χ1v) is 10.7. The average Bonchev–Trinajstić information content (AvgIpc) is 3.23. The summed E-state index contributed by atoms with van der Waals surface area (Å²) in [5.41, 5.74) is 6.96. The molecular weight excluding hydrogens is 384 g/mol. The van der Waals surface area contributed by atoms with Crippen LogP contribution >= 0.6 is 0 Å². The zero-order chi connectivity index (χ0) is 21.2. The van der Waals surface area contributed by atoms with E-state index < -0.39 is 0 Å². The second-order valence-corrected chi connectivity index (χ2v) is 8.24. The molecule has 1 fully saturated rings. The number of aromatic nitrogens is 2. The molecule has 1 aliphatic rings. The Morgan fingerprint density at radius 1 is 1.10 bits per heavy atom. The molecule has 0 saturated carbocycles. The minimum Gasteiger partial charge on any atom is -0.392 e. The largest absolute Gasteiger partial charge is 0.392 e. The van der Waals surface area contributed by atoms with Crippen LogP contribution in [0.2, 0.25) is 0 Å². The van der Waals surface area contributed by atoms with Gasteiger partial charge in [0.15, 0.2) is 0 Å². The first-order chi connectivity index (χ1) is 15.2. The molecule has 5 heteroatoms. The van der Waals surface area contributed by atoms with Crippen LogP contribution in [-0.4, -0.2) is 39.2 Å². The lowest BCUT2D eigenvalue weighted by Crippen LogP contribution is -2.37. The van der Waals surface area contributed by atoms with Gasteiger partial charge in [-0.25, -0.2) is 4.98 Å². The van der Waals surface area contributed by atoms with Gasteiger partial charge in [-0.15, -0.1) is 0 Å². The quantitative estimate of drug-likeness (QED) is 0.512. The zero-order valence-corrected chi connectivity index (χ0v) is 17.3. The molecule has 5 rings (SSSR count). The highest BCUT2D eigenvalue weighted by atomic mass is 16.3. The maximum absolute atomic E-state index is 9.89. The maximum Gasteiger partial charge on any atom is 0.137 e. The number of β-amino-alcohol motifs (C(OH)–C–C–N with tert-alkyl or cyclic N) is 1. The molecule has 1 aliphatic heterocycles. The molecule has 5 nitrogen and oxygen atoms in total. The van der Waals surface area contributed by atoms with Crippen LogP contribution in [0.25, 0.3) is 33.3 Å². The summed E-state index contributed by atoms with van der Waals surface area (Å²) in [6, 6.07) is 20.6.